The molecule has 1 atom stereocenters. The van der Waals surface area contributed by atoms with Gasteiger partial charge in [-0.05, 0) is 53.1 Å². The van der Waals surface area contributed by atoms with Gasteiger partial charge in [0.05, 0.1) is 6.04 Å². The molecule has 32 heavy (non-hydrogen) atoms. The fraction of sp³-hybridized carbons (Fsp3) is 0.259. The third-order valence-corrected chi connectivity index (χ3v) is 6.97. The molecule has 0 fully saturated rings. The molecule has 0 saturated carbocycles. The Kier molecular flexibility index (Phi) is 6.86. The van der Waals surface area contributed by atoms with E-state index in [9.17, 15) is 9.59 Å². The summed E-state index contributed by atoms with van der Waals surface area (Å²) in [7, 11) is 0. The highest BCUT2D eigenvalue weighted by Gasteiger charge is 2.33. The molecule has 164 valence electrons. The van der Waals surface area contributed by atoms with Crippen LogP contribution in [0, 0.1) is 0 Å². The number of aryl methyl sites for hydroxylation is 1. The van der Waals surface area contributed by atoms with Crippen LogP contribution in [0.15, 0.2) is 78.7 Å². The van der Waals surface area contributed by atoms with Crippen molar-refractivity contribution in [2.45, 2.75) is 25.8 Å². The minimum Gasteiger partial charge on any atom is -0.330 e. The molecule has 4 nitrogen and oxygen atoms in total. The van der Waals surface area contributed by atoms with Gasteiger partial charge in [-0.15, -0.1) is 17.9 Å². The first-order valence-electron chi connectivity index (χ1n) is 11.0. The Hall–Kier alpha value is -3.18. The van der Waals surface area contributed by atoms with E-state index in [1.165, 1.54) is 16.0 Å². The molecule has 2 amide bonds. The van der Waals surface area contributed by atoms with Gasteiger partial charge in [-0.25, -0.2) is 0 Å². The van der Waals surface area contributed by atoms with Gasteiger partial charge in [-0.3, -0.25) is 9.59 Å². The summed E-state index contributed by atoms with van der Waals surface area (Å²) >= 11 is 1.75. The Labute approximate surface area is 193 Å². The van der Waals surface area contributed by atoms with Crippen molar-refractivity contribution in [3.63, 3.8) is 0 Å². The van der Waals surface area contributed by atoms with Crippen LogP contribution in [0.1, 0.15) is 44.9 Å². The van der Waals surface area contributed by atoms with Crippen LogP contribution in [-0.4, -0.2) is 41.2 Å². The van der Waals surface area contributed by atoms with Gasteiger partial charge in [0.2, 0.25) is 5.91 Å². The maximum Gasteiger partial charge on any atom is 0.254 e. The topological polar surface area (TPSA) is 40.6 Å². The van der Waals surface area contributed by atoms with Crippen LogP contribution in [0.2, 0.25) is 0 Å². The van der Waals surface area contributed by atoms with Crippen LogP contribution in [-0.2, 0) is 17.6 Å². The lowest BCUT2D eigenvalue weighted by Gasteiger charge is -2.37. The van der Waals surface area contributed by atoms with Crippen LogP contribution in [0.5, 0.6) is 0 Å². The summed E-state index contributed by atoms with van der Waals surface area (Å²) in [4.78, 5) is 31.5. The summed E-state index contributed by atoms with van der Waals surface area (Å²) < 4.78 is 0. The minimum absolute atomic E-state index is 0.0309. The van der Waals surface area contributed by atoms with Crippen molar-refractivity contribution in [3.05, 3.63) is 106 Å². The lowest BCUT2D eigenvalue weighted by molar-refractivity contribution is -0.133. The number of hydrogen-bond acceptors (Lipinski definition) is 3. The number of fused-ring (bicyclic) bond motifs is 1. The second kappa shape index (κ2) is 9.96. The molecule has 1 aromatic heterocycles. The molecule has 3 aromatic rings. The second-order valence-electron chi connectivity index (χ2n) is 7.97. The average Bonchev–Trinajstić information content (AvgIpc) is 3.32. The number of benzene rings is 2. The zero-order chi connectivity index (χ0) is 22.5. The molecule has 2 aromatic carbocycles. The zero-order valence-corrected chi connectivity index (χ0v) is 19.2. The molecule has 1 aliphatic rings. The predicted octanol–water partition coefficient (Wildman–Crippen LogP) is 5.11. The molecular weight excluding hydrogens is 416 g/mol. The van der Waals surface area contributed by atoms with Gasteiger partial charge in [0.25, 0.3) is 5.91 Å². The van der Waals surface area contributed by atoms with E-state index < -0.39 is 0 Å². The zero-order valence-electron chi connectivity index (χ0n) is 18.4. The largest absolute Gasteiger partial charge is 0.330 e. The molecule has 0 radical (unpaired) electrons. The summed E-state index contributed by atoms with van der Waals surface area (Å²) in [6.07, 6.45) is 3.44. The van der Waals surface area contributed by atoms with E-state index in [4.69, 9.17) is 0 Å². The quantitative estimate of drug-likeness (QED) is 0.475. The van der Waals surface area contributed by atoms with Crippen LogP contribution in [0.4, 0.5) is 0 Å². The third-order valence-electron chi connectivity index (χ3n) is 5.97. The van der Waals surface area contributed by atoms with Crippen molar-refractivity contribution in [2.24, 2.45) is 0 Å². The van der Waals surface area contributed by atoms with Gasteiger partial charge >= 0.3 is 0 Å². The van der Waals surface area contributed by atoms with Gasteiger partial charge < -0.3 is 9.80 Å². The van der Waals surface area contributed by atoms with Crippen molar-refractivity contribution < 1.29 is 9.59 Å². The van der Waals surface area contributed by atoms with Gasteiger partial charge in [-0.2, -0.15) is 0 Å². The summed E-state index contributed by atoms with van der Waals surface area (Å²) in [5.74, 6) is -0.193. The fourth-order valence-corrected chi connectivity index (χ4v) is 5.18. The Morgan fingerprint density at radius 1 is 1.12 bits per heavy atom. The Morgan fingerprint density at radius 3 is 2.56 bits per heavy atom. The first kappa shape index (κ1) is 22.0. The number of carbonyl (C=O) groups is 2. The smallest absolute Gasteiger partial charge is 0.254 e. The molecule has 0 spiro atoms. The van der Waals surface area contributed by atoms with E-state index in [-0.39, 0.29) is 24.4 Å². The first-order chi connectivity index (χ1) is 15.6. The highest BCUT2D eigenvalue weighted by atomic mass is 32.1. The van der Waals surface area contributed by atoms with E-state index in [0.717, 1.165) is 18.4 Å². The van der Waals surface area contributed by atoms with Crippen molar-refractivity contribution in [1.82, 2.24) is 9.80 Å². The molecule has 2 heterocycles. The van der Waals surface area contributed by atoms with Gasteiger partial charge in [0.15, 0.2) is 0 Å². The lowest BCUT2D eigenvalue weighted by Crippen LogP contribution is -2.46. The van der Waals surface area contributed by atoms with Crippen molar-refractivity contribution in [1.29, 1.82) is 0 Å². The van der Waals surface area contributed by atoms with E-state index in [0.29, 0.717) is 18.7 Å². The second-order valence-corrected chi connectivity index (χ2v) is 8.97. The molecule has 1 aliphatic heterocycles. The number of nitrogens with zero attached hydrogens (tertiary/aromatic N) is 2. The van der Waals surface area contributed by atoms with Crippen molar-refractivity contribution in [3.8, 4) is 0 Å². The lowest BCUT2D eigenvalue weighted by atomic mass is 9.93. The predicted molar refractivity (Wildman–Crippen MR) is 130 cm³/mol. The molecule has 0 aliphatic carbocycles. The minimum atomic E-state index is -0.148. The number of carbonyl (C=O) groups excluding carboxylic acids is 2. The number of amides is 2. The van der Waals surface area contributed by atoms with E-state index in [1.54, 1.807) is 22.3 Å². The summed E-state index contributed by atoms with van der Waals surface area (Å²) in [6.45, 7) is 6.88. The maximum atomic E-state index is 13.5. The molecule has 1 unspecified atom stereocenters. The molecule has 5 heteroatoms. The average molecular weight is 445 g/mol. The third kappa shape index (κ3) is 4.53. The monoisotopic (exact) mass is 444 g/mol. The van der Waals surface area contributed by atoms with Crippen LogP contribution in [0.3, 0.4) is 0 Å². The van der Waals surface area contributed by atoms with Crippen molar-refractivity contribution in [2.75, 3.05) is 19.6 Å². The highest BCUT2D eigenvalue weighted by Crippen LogP contribution is 2.37. The Bertz CT molecular complexity index is 1090. The number of rotatable bonds is 7. The molecule has 0 N–H and O–H groups in total. The SMILES string of the molecule is C=CCN(CC(=O)N1CCc2sccc2C1c1ccccc1)C(=O)c1ccc(CC)cc1. The summed E-state index contributed by atoms with van der Waals surface area (Å²) in [5, 5.41) is 2.10. The van der Waals surface area contributed by atoms with Gasteiger partial charge in [0, 0.05) is 23.5 Å². The van der Waals surface area contributed by atoms with Crippen LogP contribution in [0.25, 0.3) is 0 Å². The number of thiophene rings is 1. The summed E-state index contributed by atoms with van der Waals surface area (Å²) in [6, 6.07) is 19.8. The van der Waals surface area contributed by atoms with Crippen LogP contribution >= 0.6 is 11.3 Å². The maximum absolute atomic E-state index is 13.5. The Balaban J connectivity index is 1.58. The van der Waals surface area contributed by atoms with E-state index >= 15 is 0 Å². The molecule has 4 rings (SSSR count). The molecule has 0 bridgehead atoms. The highest BCUT2D eigenvalue weighted by molar-refractivity contribution is 7.10. The van der Waals surface area contributed by atoms with Gasteiger partial charge in [-0.1, -0.05) is 55.5 Å². The van der Waals surface area contributed by atoms with Crippen molar-refractivity contribution >= 4 is 23.2 Å². The Morgan fingerprint density at radius 2 is 1.88 bits per heavy atom. The van der Waals surface area contributed by atoms with E-state index in [2.05, 4.69) is 37.1 Å². The summed E-state index contributed by atoms with van der Waals surface area (Å²) in [5.41, 5.74) is 4.06. The normalized spacial score (nSPS) is 15.2. The molecule has 0 saturated heterocycles. The standard InChI is InChI=1S/C27H28N2O2S/c1-3-16-28(27(31)22-12-10-20(4-2)11-13-22)19-25(30)29-17-14-24-23(15-18-32-24)26(29)21-8-6-5-7-9-21/h3,5-13,15,18,26H,1,4,14,16-17,19H2,2H3. The fourth-order valence-electron chi connectivity index (χ4n) is 4.27. The van der Waals surface area contributed by atoms with E-state index in [1.807, 2.05) is 47.4 Å². The van der Waals surface area contributed by atoms with Crippen LogP contribution < -0.4 is 0 Å². The molecular formula is C27H28N2O2S. The first-order valence-corrected chi connectivity index (χ1v) is 11.9. The number of hydrogen-bond donors (Lipinski definition) is 0. The van der Waals surface area contributed by atoms with Gasteiger partial charge in [0.1, 0.15) is 6.54 Å².